The second-order valence-electron chi connectivity index (χ2n) is 5.70. The molecular weight excluding hydrogens is 274 g/mol. The molecular formula is C14H25N3O2S. The van der Waals surface area contributed by atoms with E-state index in [0.717, 1.165) is 12.1 Å². The Morgan fingerprint density at radius 3 is 2.20 bits per heavy atom. The van der Waals surface area contributed by atoms with Crippen molar-refractivity contribution in [3.63, 3.8) is 0 Å². The van der Waals surface area contributed by atoms with Crippen LogP contribution in [0, 0.1) is 0 Å². The smallest absolute Gasteiger partial charge is 0.244 e. The van der Waals surface area contributed by atoms with Gasteiger partial charge in [-0.2, -0.15) is 0 Å². The predicted octanol–water partition coefficient (Wildman–Crippen LogP) is 2.14. The van der Waals surface area contributed by atoms with E-state index in [0.29, 0.717) is 5.69 Å². The minimum atomic E-state index is -3.53. The number of nitrogens with two attached hydrogens (primary N) is 1. The molecule has 20 heavy (non-hydrogen) atoms. The van der Waals surface area contributed by atoms with Gasteiger partial charge in [0.05, 0.1) is 11.4 Å². The first-order chi connectivity index (χ1) is 9.05. The predicted molar refractivity (Wildman–Crippen MR) is 84.5 cm³/mol. The summed E-state index contributed by atoms with van der Waals surface area (Å²) < 4.78 is 25.7. The van der Waals surface area contributed by atoms with Gasteiger partial charge in [-0.1, -0.05) is 13.0 Å². The van der Waals surface area contributed by atoms with Crippen LogP contribution in [0.15, 0.2) is 23.1 Å². The Kier molecular flexibility index (Phi) is 4.71. The maximum atomic E-state index is 12.3. The molecule has 0 saturated carbocycles. The average molecular weight is 299 g/mol. The van der Waals surface area contributed by atoms with E-state index in [-0.39, 0.29) is 10.4 Å². The summed E-state index contributed by atoms with van der Waals surface area (Å²) in [6.07, 6.45) is 0.924. The molecule has 1 aromatic rings. The lowest BCUT2D eigenvalue weighted by Crippen LogP contribution is -2.41. The first-order valence-electron chi connectivity index (χ1n) is 6.60. The molecule has 0 radical (unpaired) electrons. The molecule has 114 valence electrons. The van der Waals surface area contributed by atoms with Crippen molar-refractivity contribution in [2.45, 2.75) is 37.6 Å². The minimum Gasteiger partial charge on any atom is -0.396 e. The van der Waals surface area contributed by atoms with Crippen LogP contribution >= 0.6 is 0 Å². The summed E-state index contributed by atoms with van der Waals surface area (Å²) >= 11 is 0. The van der Waals surface area contributed by atoms with Gasteiger partial charge >= 0.3 is 0 Å². The maximum Gasteiger partial charge on any atom is 0.244 e. The van der Waals surface area contributed by atoms with Crippen LogP contribution in [0.4, 0.5) is 11.4 Å². The number of anilines is 2. The lowest BCUT2D eigenvalue weighted by Gasteiger charge is -2.37. The molecule has 6 heteroatoms. The van der Waals surface area contributed by atoms with Gasteiger partial charge in [0.2, 0.25) is 10.0 Å². The molecule has 1 aromatic carbocycles. The second-order valence-corrected chi connectivity index (χ2v) is 7.82. The summed E-state index contributed by atoms with van der Waals surface area (Å²) in [5, 5.41) is 0. The highest BCUT2D eigenvalue weighted by atomic mass is 32.2. The Hall–Kier alpha value is -1.27. The van der Waals surface area contributed by atoms with Crippen molar-refractivity contribution >= 4 is 21.4 Å². The molecule has 0 heterocycles. The first-order valence-corrected chi connectivity index (χ1v) is 8.04. The fraction of sp³-hybridized carbons (Fsp3) is 0.571. The number of rotatable bonds is 5. The zero-order chi connectivity index (χ0) is 15.7. The molecule has 0 saturated heterocycles. The summed E-state index contributed by atoms with van der Waals surface area (Å²) in [7, 11) is 1.40. The van der Waals surface area contributed by atoms with Gasteiger partial charge in [0.25, 0.3) is 0 Å². The largest absolute Gasteiger partial charge is 0.396 e. The van der Waals surface area contributed by atoms with E-state index in [2.05, 4.69) is 20.8 Å². The van der Waals surface area contributed by atoms with E-state index in [9.17, 15) is 8.42 Å². The Bertz CT molecular complexity index is 580. The molecule has 2 N–H and O–H groups in total. The van der Waals surface area contributed by atoms with E-state index in [1.165, 1.54) is 18.4 Å². The quantitative estimate of drug-likeness (QED) is 0.846. The van der Waals surface area contributed by atoms with Gasteiger partial charge in [-0.15, -0.1) is 0 Å². The van der Waals surface area contributed by atoms with E-state index < -0.39 is 10.0 Å². The molecule has 0 unspecified atom stereocenters. The monoisotopic (exact) mass is 299 g/mol. The number of nitrogen functional groups attached to an aromatic ring is 1. The van der Waals surface area contributed by atoms with Crippen LogP contribution in [-0.4, -0.2) is 39.4 Å². The summed E-state index contributed by atoms with van der Waals surface area (Å²) in [5.74, 6) is 0. The first kappa shape index (κ1) is 16.8. The highest BCUT2D eigenvalue weighted by molar-refractivity contribution is 7.89. The van der Waals surface area contributed by atoms with Crippen LogP contribution in [0.1, 0.15) is 27.2 Å². The zero-order valence-electron chi connectivity index (χ0n) is 13.1. The minimum absolute atomic E-state index is 0.103. The fourth-order valence-electron chi connectivity index (χ4n) is 1.81. The van der Waals surface area contributed by atoms with Crippen molar-refractivity contribution in [2.24, 2.45) is 0 Å². The number of sulfonamides is 1. The average Bonchev–Trinajstić information content (AvgIpc) is 2.37. The van der Waals surface area contributed by atoms with Crippen molar-refractivity contribution in [3.05, 3.63) is 18.2 Å². The van der Waals surface area contributed by atoms with Crippen molar-refractivity contribution in [2.75, 3.05) is 31.8 Å². The number of para-hydroxylation sites is 1. The molecule has 0 amide bonds. The van der Waals surface area contributed by atoms with Crippen LogP contribution in [0.3, 0.4) is 0 Å². The van der Waals surface area contributed by atoms with E-state index in [1.54, 1.807) is 12.1 Å². The third kappa shape index (κ3) is 2.91. The van der Waals surface area contributed by atoms with Gasteiger partial charge < -0.3 is 10.6 Å². The van der Waals surface area contributed by atoms with Gasteiger partial charge in [-0.25, -0.2) is 12.7 Å². The fourth-order valence-corrected chi connectivity index (χ4v) is 2.84. The molecule has 0 aliphatic heterocycles. The Morgan fingerprint density at radius 2 is 1.75 bits per heavy atom. The molecule has 0 aromatic heterocycles. The number of nitrogens with zero attached hydrogens (tertiary/aromatic N) is 2. The normalized spacial score (nSPS) is 12.8. The Labute approximate surface area is 122 Å². The highest BCUT2D eigenvalue weighted by Gasteiger charge is 2.27. The molecule has 1 rings (SSSR count). The lowest BCUT2D eigenvalue weighted by molar-refractivity contribution is 0.471. The molecule has 0 aliphatic rings. The van der Waals surface area contributed by atoms with Crippen molar-refractivity contribution in [3.8, 4) is 0 Å². The van der Waals surface area contributed by atoms with Crippen LogP contribution in [0.5, 0.6) is 0 Å². The van der Waals surface area contributed by atoms with E-state index in [4.69, 9.17) is 5.73 Å². The standard InChI is InChI=1S/C14H25N3O2S/c1-7-14(2,3)17(6)11-9-8-10-12(13(11)15)20(18,19)16(4)5/h8-10H,7,15H2,1-6H3. The number of hydrogen-bond donors (Lipinski definition) is 1. The number of benzene rings is 1. The van der Waals surface area contributed by atoms with Gasteiger partial charge in [0.15, 0.2) is 0 Å². The van der Waals surface area contributed by atoms with Crippen LogP contribution < -0.4 is 10.6 Å². The SMILES string of the molecule is CCC(C)(C)N(C)c1cccc(S(=O)(=O)N(C)C)c1N. The van der Waals surface area contributed by atoms with Crippen LogP contribution in [0.25, 0.3) is 0 Å². The van der Waals surface area contributed by atoms with Crippen molar-refractivity contribution in [1.82, 2.24) is 4.31 Å². The molecule has 0 aliphatic carbocycles. The Balaban J connectivity index is 3.42. The van der Waals surface area contributed by atoms with Crippen LogP contribution in [0.2, 0.25) is 0 Å². The Morgan fingerprint density at radius 1 is 1.20 bits per heavy atom. The number of hydrogen-bond acceptors (Lipinski definition) is 4. The third-order valence-corrected chi connectivity index (χ3v) is 5.81. The highest BCUT2D eigenvalue weighted by Crippen LogP contribution is 2.34. The van der Waals surface area contributed by atoms with Gasteiger partial charge in [0.1, 0.15) is 4.90 Å². The van der Waals surface area contributed by atoms with Crippen LogP contribution in [-0.2, 0) is 10.0 Å². The molecule has 0 atom stereocenters. The summed E-state index contributed by atoms with van der Waals surface area (Å²) in [4.78, 5) is 2.18. The van der Waals surface area contributed by atoms with E-state index >= 15 is 0 Å². The summed E-state index contributed by atoms with van der Waals surface area (Å²) in [6, 6.07) is 5.12. The third-order valence-electron chi connectivity index (χ3n) is 3.94. The van der Waals surface area contributed by atoms with E-state index in [1.807, 2.05) is 18.0 Å². The maximum absolute atomic E-state index is 12.3. The summed E-state index contributed by atoms with van der Waals surface area (Å²) in [6.45, 7) is 6.28. The molecule has 0 fully saturated rings. The van der Waals surface area contributed by atoms with Gasteiger partial charge in [-0.05, 0) is 32.4 Å². The van der Waals surface area contributed by atoms with Crippen molar-refractivity contribution < 1.29 is 8.42 Å². The lowest BCUT2D eigenvalue weighted by atomic mass is 9.99. The van der Waals surface area contributed by atoms with Crippen molar-refractivity contribution in [1.29, 1.82) is 0 Å². The molecule has 0 bridgehead atoms. The second kappa shape index (κ2) is 5.61. The topological polar surface area (TPSA) is 66.6 Å². The zero-order valence-corrected chi connectivity index (χ0v) is 14.0. The van der Waals surface area contributed by atoms with Gasteiger partial charge in [-0.3, -0.25) is 0 Å². The molecule has 5 nitrogen and oxygen atoms in total. The molecule has 0 spiro atoms. The van der Waals surface area contributed by atoms with Gasteiger partial charge in [0, 0.05) is 26.7 Å². The summed E-state index contributed by atoms with van der Waals surface area (Å²) in [5.41, 5.74) is 7.04.